The summed E-state index contributed by atoms with van der Waals surface area (Å²) in [6.07, 6.45) is 2.08. The summed E-state index contributed by atoms with van der Waals surface area (Å²) in [5.41, 5.74) is 1.07. The highest BCUT2D eigenvalue weighted by Gasteiger charge is 2.31. The van der Waals surface area contributed by atoms with Crippen LogP contribution >= 0.6 is 11.6 Å². The molecule has 2 heterocycles. The van der Waals surface area contributed by atoms with Gasteiger partial charge in [-0.15, -0.1) is 0 Å². The van der Waals surface area contributed by atoms with Crippen molar-refractivity contribution in [3.05, 3.63) is 53.2 Å². The molecular weight excluding hydrogens is 362 g/mol. The maximum Gasteiger partial charge on any atom is 0.257 e. The second-order valence-electron chi connectivity index (χ2n) is 6.03. The Kier molecular flexibility index (Phi) is 4.96. The van der Waals surface area contributed by atoms with E-state index in [2.05, 4.69) is 10.3 Å². The number of aromatic nitrogens is 1. The van der Waals surface area contributed by atoms with E-state index in [0.29, 0.717) is 28.5 Å². The molecule has 25 heavy (non-hydrogen) atoms. The Labute approximate surface area is 151 Å². The van der Waals surface area contributed by atoms with Crippen molar-refractivity contribution >= 4 is 38.9 Å². The van der Waals surface area contributed by atoms with Gasteiger partial charge in [0.15, 0.2) is 9.84 Å². The second-order valence-corrected chi connectivity index (χ2v) is 8.70. The van der Waals surface area contributed by atoms with Crippen molar-refractivity contribution in [3.8, 4) is 0 Å². The quantitative estimate of drug-likeness (QED) is 0.883. The molecule has 132 valence electrons. The number of carbonyl (C=O) groups excluding carboxylic acids is 1. The molecule has 2 aromatic rings. The van der Waals surface area contributed by atoms with Gasteiger partial charge in [0, 0.05) is 30.0 Å². The van der Waals surface area contributed by atoms with Gasteiger partial charge in [0.1, 0.15) is 5.82 Å². The second kappa shape index (κ2) is 7.01. The third-order valence-electron chi connectivity index (χ3n) is 4.23. The topological polar surface area (TPSA) is 79.4 Å². The Morgan fingerprint density at radius 3 is 2.52 bits per heavy atom. The van der Waals surface area contributed by atoms with E-state index in [0.717, 1.165) is 0 Å². The summed E-state index contributed by atoms with van der Waals surface area (Å²) >= 11 is 5.82. The molecule has 0 aliphatic carbocycles. The first-order chi connectivity index (χ1) is 11.8. The molecule has 1 aliphatic heterocycles. The number of amides is 1. The van der Waals surface area contributed by atoms with Crippen LogP contribution in [-0.2, 0) is 9.84 Å². The normalized spacial score (nSPS) is 18.7. The Balaban J connectivity index is 1.67. The lowest BCUT2D eigenvalue weighted by Gasteiger charge is -2.24. The zero-order valence-electron chi connectivity index (χ0n) is 13.6. The zero-order chi connectivity index (χ0) is 18.0. The molecule has 1 fully saturated rings. The maximum absolute atomic E-state index is 12.2. The van der Waals surface area contributed by atoms with Crippen LogP contribution in [0.3, 0.4) is 0 Å². The van der Waals surface area contributed by atoms with Gasteiger partial charge in [-0.1, -0.05) is 11.6 Å². The monoisotopic (exact) mass is 379 g/mol. The van der Waals surface area contributed by atoms with E-state index in [4.69, 9.17) is 11.6 Å². The van der Waals surface area contributed by atoms with Crippen molar-refractivity contribution in [3.63, 3.8) is 0 Å². The molecule has 0 saturated carbocycles. The fraction of sp³-hybridized carbons (Fsp3) is 0.294. The molecule has 1 aliphatic rings. The van der Waals surface area contributed by atoms with E-state index in [9.17, 15) is 13.2 Å². The zero-order valence-corrected chi connectivity index (χ0v) is 15.2. The Bertz CT molecular complexity index is 867. The summed E-state index contributed by atoms with van der Waals surface area (Å²) in [6, 6.07) is 10.2. The number of halogens is 1. The average Bonchev–Trinajstić information content (AvgIpc) is 2.96. The van der Waals surface area contributed by atoms with Crippen molar-refractivity contribution in [1.29, 1.82) is 0 Å². The maximum atomic E-state index is 12.2. The summed E-state index contributed by atoms with van der Waals surface area (Å²) in [5.74, 6) is 0.728. The van der Waals surface area contributed by atoms with E-state index in [1.165, 1.54) is 6.20 Å². The van der Waals surface area contributed by atoms with Crippen molar-refractivity contribution in [2.24, 2.45) is 0 Å². The van der Waals surface area contributed by atoms with Crippen LogP contribution in [0.4, 0.5) is 11.5 Å². The van der Waals surface area contributed by atoms with Gasteiger partial charge in [0.2, 0.25) is 0 Å². The van der Waals surface area contributed by atoms with Crippen LogP contribution in [-0.4, -0.2) is 43.9 Å². The van der Waals surface area contributed by atoms with Crippen molar-refractivity contribution < 1.29 is 13.2 Å². The van der Waals surface area contributed by atoms with Crippen molar-refractivity contribution in [2.75, 3.05) is 28.8 Å². The molecule has 1 unspecified atom stereocenters. The minimum atomic E-state index is -2.95. The van der Waals surface area contributed by atoms with Gasteiger partial charge < -0.3 is 10.2 Å². The van der Waals surface area contributed by atoms with Gasteiger partial charge in [-0.3, -0.25) is 4.79 Å². The molecule has 1 aromatic carbocycles. The average molecular weight is 380 g/mol. The van der Waals surface area contributed by atoms with Crippen LogP contribution in [0.15, 0.2) is 42.6 Å². The highest BCUT2D eigenvalue weighted by Crippen LogP contribution is 2.21. The molecule has 6 nitrogen and oxygen atoms in total. The summed E-state index contributed by atoms with van der Waals surface area (Å²) in [6.45, 7) is 0. The molecule has 1 amide bonds. The number of hydrogen-bond acceptors (Lipinski definition) is 5. The molecule has 0 bridgehead atoms. The van der Waals surface area contributed by atoms with Gasteiger partial charge in [-0.2, -0.15) is 0 Å². The lowest BCUT2D eigenvalue weighted by atomic mass is 10.2. The van der Waals surface area contributed by atoms with Gasteiger partial charge in [-0.05, 0) is 42.8 Å². The number of pyridine rings is 1. The third kappa shape index (κ3) is 4.29. The highest BCUT2D eigenvalue weighted by atomic mass is 35.5. The first-order valence-corrected chi connectivity index (χ1v) is 10.0. The smallest absolute Gasteiger partial charge is 0.257 e. The summed E-state index contributed by atoms with van der Waals surface area (Å²) in [7, 11) is -1.13. The SMILES string of the molecule is CN(c1ccc(C(=O)Nc2ccc(Cl)cc2)cn1)C1CCS(=O)(=O)C1. The molecule has 3 rings (SSSR count). The van der Waals surface area contributed by atoms with E-state index < -0.39 is 9.84 Å². The summed E-state index contributed by atoms with van der Waals surface area (Å²) < 4.78 is 23.2. The fourth-order valence-electron chi connectivity index (χ4n) is 2.73. The highest BCUT2D eigenvalue weighted by molar-refractivity contribution is 7.91. The predicted molar refractivity (Wildman–Crippen MR) is 99.1 cm³/mol. The van der Waals surface area contributed by atoms with E-state index in [1.54, 1.807) is 36.4 Å². The number of sulfone groups is 1. The molecule has 0 radical (unpaired) electrons. The summed E-state index contributed by atoms with van der Waals surface area (Å²) in [4.78, 5) is 18.4. The standard InChI is InChI=1S/C17H18ClN3O3S/c1-21(15-8-9-25(23,24)11-15)16-7-2-12(10-19-16)17(22)20-14-5-3-13(18)4-6-14/h2-7,10,15H,8-9,11H2,1H3,(H,20,22). The van der Waals surface area contributed by atoms with Gasteiger partial charge >= 0.3 is 0 Å². The first kappa shape index (κ1) is 17.7. The molecule has 0 spiro atoms. The fourth-order valence-corrected chi connectivity index (χ4v) is 4.63. The van der Waals surface area contributed by atoms with Crippen LogP contribution < -0.4 is 10.2 Å². The molecule has 1 aromatic heterocycles. The van der Waals surface area contributed by atoms with Crippen molar-refractivity contribution in [1.82, 2.24) is 4.98 Å². The molecule has 1 atom stereocenters. The molecule has 8 heteroatoms. The Morgan fingerprint density at radius 2 is 1.96 bits per heavy atom. The van der Waals surface area contributed by atoms with E-state index in [1.807, 2.05) is 11.9 Å². The van der Waals surface area contributed by atoms with Crippen LogP contribution in [0, 0.1) is 0 Å². The van der Waals surface area contributed by atoms with Crippen LogP contribution in [0.1, 0.15) is 16.8 Å². The minimum Gasteiger partial charge on any atom is -0.356 e. The number of rotatable bonds is 4. The van der Waals surface area contributed by atoms with Crippen molar-refractivity contribution in [2.45, 2.75) is 12.5 Å². The Morgan fingerprint density at radius 1 is 1.24 bits per heavy atom. The predicted octanol–water partition coefficient (Wildman–Crippen LogP) is 2.61. The number of carbonyl (C=O) groups is 1. The third-order valence-corrected chi connectivity index (χ3v) is 6.23. The number of benzene rings is 1. The number of nitrogens with one attached hydrogen (secondary N) is 1. The largest absolute Gasteiger partial charge is 0.356 e. The Hall–Kier alpha value is -2.12. The van der Waals surface area contributed by atoms with Gasteiger partial charge in [-0.25, -0.2) is 13.4 Å². The van der Waals surface area contributed by atoms with E-state index >= 15 is 0 Å². The number of anilines is 2. The van der Waals surface area contributed by atoms with Gasteiger partial charge in [0.05, 0.1) is 17.1 Å². The van der Waals surface area contributed by atoms with Gasteiger partial charge in [0.25, 0.3) is 5.91 Å². The minimum absolute atomic E-state index is 0.0776. The van der Waals surface area contributed by atoms with Crippen LogP contribution in [0.5, 0.6) is 0 Å². The van der Waals surface area contributed by atoms with E-state index in [-0.39, 0.29) is 23.5 Å². The molecular formula is C17H18ClN3O3S. The lowest BCUT2D eigenvalue weighted by Crippen LogP contribution is -2.33. The number of nitrogens with zero attached hydrogens (tertiary/aromatic N) is 2. The first-order valence-electron chi connectivity index (χ1n) is 7.80. The van der Waals surface area contributed by atoms with Crippen LogP contribution in [0.2, 0.25) is 5.02 Å². The lowest BCUT2D eigenvalue weighted by molar-refractivity contribution is 0.102. The molecule has 1 saturated heterocycles. The summed E-state index contributed by atoms with van der Waals surface area (Å²) in [5, 5.41) is 3.37. The van der Waals surface area contributed by atoms with Crippen LogP contribution in [0.25, 0.3) is 0 Å². The number of hydrogen-bond donors (Lipinski definition) is 1. The molecule has 1 N–H and O–H groups in total.